The van der Waals surface area contributed by atoms with E-state index in [1.54, 1.807) is 0 Å². The second kappa shape index (κ2) is 6.24. The Kier molecular flexibility index (Phi) is 4.62. The van der Waals surface area contributed by atoms with Crippen molar-refractivity contribution < 1.29 is 9.90 Å². The summed E-state index contributed by atoms with van der Waals surface area (Å²) in [4.78, 5) is 12.9. The summed E-state index contributed by atoms with van der Waals surface area (Å²) in [6.07, 6.45) is 1.35. The molecule has 1 amide bonds. The van der Waals surface area contributed by atoms with E-state index in [0.29, 0.717) is 17.0 Å². The fourth-order valence-electron chi connectivity index (χ4n) is 2.18. The number of amides is 1. The predicted octanol–water partition coefficient (Wildman–Crippen LogP) is 2.68. The lowest BCUT2D eigenvalue weighted by atomic mass is 10.1. The maximum absolute atomic E-state index is 12.3. The Bertz CT molecular complexity index is 622. The highest BCUT2D eigenvalue weighted by atomic mass is 32.1. The maximum atomic E-state index is 12.3. The van der Waals surface area contributed by atoms with Crippen LogP contribution in [0.15, 0.2) is 18.2 Å². The van der Waals surface area contributed by atoms with Crippen molar-refractivity contribution in [3.63, 3.8) is 0 Å². The van der Waals surface area contributed by atoms with Crippen LogP contribution >= 0.6 is 11.3 Å². The van der Waals surface area contributed by atoms with Gasteiger partial charge in [0.25, 0.3) is 5.91 Å². The molecule has 2 rings (SSSR count). The van der Waals surface area contributed by atoms with Gasteiger partial charge in [-0.15, -0.1) is 11.3 Å². The smallest absolute Gasteiger partial charge is 0.263 e. The van der Waals surface area contributed by atoms with Crippen LogP contribution in [0.2, 0.25) is 0 Å². The second-order valence-corrected chi connectivity index (χ2v) is 5.99. The number of nitrogen functional groups attached to an aromatic ring is 1. The average Bonchev–Trinajstić information content (AvgIpc) is 2.74. The molecule has 0 saturated heterocycles. The number of rotatable bonds is 5. The molecule has 0 fully saturated rings. The quantitative estimate of drug-likeness (QED) is 0.793. The summed E-state index contributed by atoms with van der Waals surface area (Å²) >= 11 is 1.42. The first-order chi connectivity index (χ1) is 9.56. The van der Waals surface area contributed by atoms with E-state index in [9.17, 15) is 4.79 Å². The topological polar surface area (TPSA) is 75.3 Å². The Balaban J connectivity index is 2.28. The van der Waals surface area contributed by atoms with Crippen molar-refractivity contribution in [1.82, 2.24) is 5.32 Å². The average molecular weight is 292 g/mol. The summed E-state index contributed by atoms with van der Waals surface area (Å²) in [7, 11) is 0. The first kappa shape index (κ1) is 14.8. The van der Waals surface area contributed by atoms with Crippen molar-refractivity contribution in [2.24, 2.45) is 0 Å². The van der Waals surface area contributed by atoms with E-state index in [1.807, 2.05) is 32.0 Å². The molecule has 1 aromatic carbocycles. The van der Waals surface area contributed by atoms with Crippen molar-refractivity contribution >= 4 is 33.0 Å². The van der Waals surface area contributed by atoms with Gasteiger partial charge in [-0.2, -0.15) is 0 Å². The SMILES string of the molecule is CCC(CCO)NC(=O)c1sc2cc(C)ccc2c1N. The highest BCUT2D eigenvalue weighted by Crippen LogP contribution is 2.34. The molecule has 108 valence electrons. The number of nitrogens with one attached hydrogen (secondary N) is 1. The molecule has 2 aromatic rings. The minimum absolute atomic E-state index is 0.0150. The summed E-state index contributed by atoms with van der Waals surface area (Å²) < 4.78 is 1.03. The van der Waals surface area contributed by atoms with Crippen LogP contribution in [0.5, 0.6) is 0 Å². The number of benzene rings is 1. The van der Waals surface area contributed by atoms with Crippen LogP contribution in [-0.4, -0.2) is 23.7 Å². The number of hydrogen-bond acceptors (Lipinski definition) is 4. The molecule has 0 spiro atoms. The Labute approximate surface area is 122 Å². The van der Waals surface area contributed by atoms with Gasteiger partial charge in [0.05, 0.1) is 5.69 Å². The van der Waals surface area contributed by atoms with Crippen LogP contribution in [0.4, 0.5) is 5.69 Å². The van der Waals surface area contributed by atoms with Gasteiger partial charge in [-0.05, 0) is 31.4 Å². The molecule has 0 radical (unpaired) electrons. The molecule has 0 bridgehead atoms. The number of anilines is 1. The third-order valence-corrected chi connectivity index (χ3v) is 4.56. The van der Waals surface area contributed by atoms with E-state index >= 15 is 0 Å². The van der Waals surface area contributed by atoms with Gasteiger partial charge in [-0.1, -0.05) is 19.1 Å². The van der Waals surface area contributed by atoms with Gasteiger partial charge in [-0.25, -0.2) is 0 Å². The lowest BCUT2D eigenvalue weighted by molar-refractivity contribution is 0.0934. The number of aliphatic hydroxyl groups excluding tert-OH is 1. The number of aryl methyl sites for hydroxylation is 1. The number of carbonyl (C=O) groups is 1. The number of fused-ring (bicyclic) bond motifs is 1. The zero-order valence-electron chi connectivity index (χ0n) is 11.8. The van der Waals surface area contributed by atoms with Crippen LogP contribution in [-0.2, 0) is 0 Å². The Morgan fingerprint density at radius 2 is 2.25 bits per heavy atom. The van der Waals surface area contributed by atoms with Crippen LogP contribution < -0.4 is 11.1 Å². The van der Waals surface area contributed by atoms with Gasteiger partial charge < -0.3 is 16.2 Å². The Hall–Kier alpha value is -1.59. The van der Waals surface area contributed by atoms with E-state index in [1.165, 1.54) is 11.3 Å². The van der Waals surface area contributed by atoms with Crippen molar-refractivity contribution in [3.05, 3.63) is 28.6 Å². The maximum Gasteiger partial charge on any atom is 0.263 e. The van der Waals surface area contributed by atoms with Crippen molar-refractivity contribution in [3.8, 4) is 0 Å². The fourth-order valence-corrected chi connectivity index (χ4v) is 3.30. The lowest BCUT2D eigenvalue weighted by Gasteiger charge is -2.15. The molecule has 4 N–H and O–H groups in total. The summed E-state index contributed by atoms with van der Waals surface area (Å²) in [5.41, 5.74) is 7.77. The molecule has 1 atom stereocenters. The van der Waals surface area contributed by atoms with Gasteiger partial charge in [0, 0.05) is 22.7 Å². The minimum atomic E-state index is -0.151. The molecule has 1 unspecified atom stereocenters. The zero-order valence-corrected chi connectivity index (χ0v) is 12.6. The van der Waals surface area contributed by atoms with Gasteiger partial charge in [0.1, 0.15) is 4.88 Å². The number of carbonyl (C=O) groups excluding carboxylic acids is 1. The van der Waals surface area contributed by atoms with Gasteiger partial charge in [0.15, 0.2) is 0 Å². The predicted molar refractivity (Wildman–Crippen MR) is 84.2 cm³/mol. The molecular formula is C15H20N2O2S. The normalized spacial score (nSPS) is 12.6. The third-order valence-electron chi connectivity index (χ3n) is 3.40. The summed E-state index contributed by atoms with van der Waals surface area (Å²) in [6.45, 7) is 4.07. The lowest BCUT2D eigenvalue weighted by Crippen LogP contribution is -2.34. The molecular weight excluding hydrogens is 272 g/mol. The van der Waals surface area contributed by atoms with Crippen LogP contribution in [0.1, 0.15) is 35.0 Å². The molecule has 0 saturated carbocycles. The van der Waals surface area contributed by atoms with E-state index in [0.717, 1.165) is 22.1 Å². The highest BCUT2D eigenvalue weighted by molar-refractivity contribution is 7.21. The van der Waals surface area contributed by atoms with Crippen molar-refractivity contribution in [1.29, 1.82) is 0 Å². The Morgan fingerprint density at radius 3 is 2.90 bits per heavy atom. The van der Waals surface area contributed by atoms with Gasteiger partial charge >= 0.3 is 0 Å². The van der Waals surface area contributed by atoms with E-state index in [4.69, 9.17) is 10.8 Å². The van der Waals surface area contributed by atoms with E-state index < -0.39 is 0 Å². The summed E-state index contributed by atoms with van der Waals surface area (Å²) in [6, 6.07) is 5.98. The first-order valence-corrected chi connectivity index (χ1v) is 7.58. The molecule has 0 aliphatic heterocycles. The number of thiophene rings is 1. The molecule has 1 heterocycles. The largest absolute Gasteiger partial charge is 0.397 e. The summed E-state index contributed by atoms with van der Waals surface area (Å²) in [5, 5.41) is 12.8. The van der Waals surface area contributed by atoms with E-state index in [2.05, 4.69) is 5.32 Å². The second-order valence-electron chi connectivity index (χ2n) is 4.94. The van der Waals surface area contributed by atoms with E-state index in [-0.39, 0.29) is 18.6 Å². The molecule has 0 aliphatic rings. The zero-order chi connectivity index (χ0) is 14.7. The highest BCUT2D eigenvalue weighted by Gasteiger charge is 2.18. The first-order valence-electron chi connectivity index (χ1n) is 6.77. The van der Waals surface area contributed by atoms with Crippen molar-refractivity contribution in [2.45, 2.75) is 32.7 Å². The number of nitrogens with two attached hydrogens (primary N) is 1. The van der Waals surface area contributed by atoms with Gasteiger partial charge in [0.2, 0.25) is 0 Å². The molecule has 1 aromatic heterocycles. The minimum Gasteiger partial charge on any atom is -0.397 e. The monoisotopic (exact) mass is 292 g/mol. The fraction of sp³-hybridized carbons (Fsp3) is 0.400. The molecule has 0 aliphatic carbocycles. The molecule has 4 nitrogen and oxygen atoms in total. The Morgan fingerprint density at radius 1 is 1.50 bits per heavy atom. The van der Waals surface area contributed by atoms with Crippen LogP contribution in [0.3, 0.4) is 0 Å². The van der Waals surface area contributed by atoms with Gasteiger partial charge in [-0.3, -0.25) is 4.79 Å². The number of aliphatic hydroxyl groups is 1. The molecule has 20 heavy (non-hydrogen) atoms. The standard InChI is InChI=1S/C15H20N2O2S/c1-3-10(6-7-18)17-15(19)14-13(16)11-5-4-9(2)8-12(11)20-14/h4-5,8,10,18H,3,6-7,16H2,1-2H3,(H,17,19). The van der Waals surface area contributed by atoms with Crippen molar-refractivity contribution in [2.75, 3.05) is 12.3 Å². The third kappa shape index (κ3) is 2.94. The number of hydrogen-bond donors (Lipinski definition) is 3. The van der Waals surface area contributed by atoms with Crippen LogP contribution in [0, 0.1) is 6.92 Å². The summed E-state index contributed by atoms with van der Waals surface area (Å²) in [5.74, 6) is -0.151. The van der Waals surface area contributed by atoms with Crippen LogP contribution in [0.25, 0.3) is 10.1 Å². The molecule has 5 heteroatoms.